The number of ether oxygens (including phenoxy) is 5. The van der Waals surface area contributed by atoms with Gasteiger partial charge in [0.15, 0.2) is 12.6 Å². The molecule has 50 heavy (non-hydrogen) atoms. The maximum absolute atomic E-state index is 14.1. The van der Waals surface area contributed by atoms with Gasteiger partial charge in [-0.25, -0.2) is 0 Å². The van der Waals surface area contributed by atoms with Gasteiger partial charge < -0.3 is 59.0 Å². The van der Waals surface area contributed by atoms with Crippen LogP contribution in [0.5, 0.6) is 0 Å². The number of likely N-dealkylation sites (N-methyl/N-ethyl adjacent to an activating group) is 2. The Hall–Kier alpha value is -0.970. The summed E-state index contributed by atoms with van der Waals surface area (Å²) in [5.74, 6) is -2.57. The fourth-order valence-electron chi connectivity index (χ4n) is 8.51. The summed E-state index contributed by atoms with van der Waals surface area (Å²) in [5, 5.41) is 57.6. The highest BCUT2D eigenvalue weighted by molar-refractivity contribution is 5.73. The number of aliphatic hydroxyl groups excluding tert-OH is 3. The SMILES string of the molecule is CC[C@H]1OC(=O)[C@H](C)[C@@H](O[C@H]2C[C@@H](C)[C@H](O)[C@H](C)O2)[C@H](C)[C@@H](O[C@@H]2O[C@H](C)C[C@H](N(C)C)[C@H]2O)[C@@](C)(O)C[C@@H](C)CN(C)[C@H](C)[C@@H](O)[C@]1(C)O. The van der Waals surface area contributed by atoms with Crippen LogP contribution in [0.3, 0.4) is 0 Å². The number of hydrogen-bond donors (Lipinski definition) is 5. The van der Waals surface area contributed by atoms with Gasteiger partial charge in [0.05, 0.1) is 42.0 Å². The number of esters is 1. The Kier molecular flexibility index (Phi) is 15.2. The molecule has 5 N–H and O–H groups in total. The molecule has 0 amide bonds. The molecule has 3 aliphatic heterocycles. The minimum Gasteiger partial charge on any atom is -0.459 e. The first-order chi connectivity index (χ1) is 23.0. The monoisotopic (exact) mass is 718 g/mol. The second-order valence-corrected chi connectivity index (χ2v) is 16.7. The Morgan fingerprint density at radius 3 is 2.12 bits per heavy atom. The summed E-state index contributed by atoms with van der Waals surface area (Å²) in [6.45, 7) is 18.4. The Morgan fingerprint density at radius 1 is 0.940 bits per heavy atom. The van der Waals surface area contributed by atoms with E-state index in [0.717, 1.165) is 0 Å². The van der Waals surface area contributed by atoms with Crippen molar-refractivity contribution in [3.63, 3.8) is 0 Å². The van der Waals surface area contributed by atoms with Gasteiger partial charge in [0.2, 0.25) is 0 Å². The van der Waals surface area contributed by atoms with Crippen LogP contribution in [0.15, 0.2) is 0 Å². The third-order valence-corrected chi connectivity index (χ3v) is 11.7. The van der Waals surface area contributed by atoms with E-state index in [1.807, 2.05) is 65.6 Å². The molecule has 0 spiro atoms. The molecule has 0 aliphatic carbocycles. The molecule has 0 aromatic heterocycles. The van der Waals surface area contributed by atoms with E-state index >= 15 is 0 Å². The van der Waals surface area contributed by atoms with E-state index in [2.05, 4.69) is 0 Å². The van der Waals surface area contributed by atoms with Crippen molar-refractivity contribution in [2.75, 3.05) is 27.7 Å². The molecule has 3 saturated heterocycles. The number of cyclic esters (lactones) is 1. The largest absolute Gasteiger partial charge is 0.459 e. The van der Waals surface area contributed by atoms with Crippen LogP contribution in [0.4, 0.5) is 0 Å². The first kappa shape index (κ1) is 43.4. The number of nitrogens with zero attached hydrogens (tertiary/aromatic N) is 2. The summed E-state index contributed by atoms with van der Waals surface area (Å²) in [7, 11) is 5.63. The number of hydrogen-bond acceptors (Lipinski definition) is 13. The molecule has 13 heteroatoms. The lowest BCUT2D eigenvalue weighted by molar-refractivity contribution is -0.309. The number of aliphatic hydroxyl groups is 5. The number of carbonyl (C=O) groups is 1. The Morgan fingerprint density at radius 2 is 1.56 bits per heavy atom. The molecule has 3 rings (SSSR count). The van der Waals surface area contributed by atoms with E-state index in [0.29, 0.717) is 19.4 Å². The van der Waals surface area contributed by atoms with E-state index < -0.39 is 90.4 Å². The van der Waals surface area contributed by atoms with Gasteiger partial charge in [-0.2, -0.15) is 0 Å². The summed E-state index contributed by atoms with van der Waals surface area (Å²) in [4.78, 5) is 18.0. The third-order valence-electron chi connectivity index (χ3n) is 11.7. The van der Waals surface area contributed by atoms with Crippen molar-refractivity contribution in [2.24, 2.45) is 23.7 Å². The summed E-state index contributed by atoms with van der Waals surface area (Å²) < 4.78 is 31.7. The molecular formula is C37H70N2O11. The molecule has 294 valence electrons. The molecule has 0 unspecified atom stereocenters. The molecule has 13 nitrogen and oxygen atoms in total. The molecule has 0 radical (unpaired) electrons. The highest BCUT2D eigenvalue weighted by Crippen LogP contribution is 2.39. The van der Waals surface area contributed by atoms with Gasteiger partial charge >= 0.3 is 5.97 Å². The second kappa shape index (κ2) is 17.4. The van der Waals surface area contributed by atoms with E-state index in [9.17, 15) is 30.3 Å². The first-order valence-electron chi connectivity index (χ1n) is 18.7. The molecule has 0 aromatic carbocycles. The molecule has 3 heterocycles. The molecule has 18 atom stereocenters. The van der Waals surface area contributed by atoms with Crippen LogP contribution >= 0.6 is 0 Å². The summed E-state index contributed by atoms with van der Waals surface area (Å²) in [5.41, 5.74) is -3.30. The van der Waals surface area contributed by atoms with Gasteiger partial charge in [0.1, 0.15) is 23.9 Å². The summed E-state index contributed by atoms with van der Waals surface area (Å²) in [6, 6.07) is -0.774. The second-order valence-electron chi connectivity index (χ2n) is 16.7. The Balaban J connectivity index is 2.14. The zero-order chi connectivity index (χ0) is 38.0. The molecule has 0 aromatic rings. The lowest BCUT2D eigenvalue weighted by Gasteiger charge is -2.48. The quantitative estimate of drug-likeness (QED) is 0.254. The smallest absolute Gasteiger partial charge is 0.311 e. The lowest BCUT2D eigenvalue weighted by Crippen LogP contribution is -2.59. The third kappa shape index (κ3) is 9.96. The predicted molar refractivity (Wildman–Crippen MR) is 188 cm³/mol. The average molecular weight is 719 g/mol. The van der Waals surface area contributed by atoms with Crippen molar-refractivity contribution < 1.29 is 54.0 Å². The first-order valence-corrected chi connectivity index (χ1v) is 18.7. The van der Waals surface area contributed by atoms with Crippen molar-refractivity contribution in [2.45, 2.75) is 180 Å². The topological polar surface area (TPSA) is 171 Å². The van der Waals surface area contributed by atoms with Gasteiger partial charge in [-0.3, -0.25) is 4.79 Å². The van der Waals surface area contributed by atoms with Crippen molar-refractivity contribution in [3.8, 4) is 0 Å². The van der Waals surface area contributed by atoms with Crippen molar-refractivity contribution in [1.82, 2.24) is 9.80 Å². The van der Waals surface area contributed by atoms with Crippen LogP contribution in [0.1, 0.15) is 94.9 Å². The normalized spacial score (nSPS) is 49.6. The van der Waals surface area contributed by atoms with Gasteiger partial charge in [0.25, 0.3) is 0 Å². The van der Waals surface area contributed by atoms with Crippen molar-refractivity contribution in [3.05, 3.63) is 0 Å². The maximum atomic E-state index is 14.1. The molecule has 0 bridgehead atoms. The van der Waals surface area contributed by atoms with Gasteiger partial charge in [-0.05, 0) is 93.8 Å². The van der Waals surface area contributed by atoms with Crippen LogP contribution in [0.25, 0.3) is 0 Å². The Labute approximate surface area is 300 Å². The molecular weight excluding hydrogens is 648 g/mol. The van der Waals surface area contributed by atoms with Crippen LogP contribution in [0.2, 0.25) is 0 Å². The van der Waals surface area contributed by atoms with E-state index in [1.165, 1.54) is 6.92 Å². The van der Waals surface area contributed by atoms with Crippen molar-refractivity contribution in [1.29, 1.82) is 0 Å². The summed E-state index contributed by atoms with van der Waals surface area (Å²) in [6.07, 6.45) is -7.11. The van der Waals surface area contributed by atoms with Gasteiger partial charge in [-0.15, -0.1) is 0 Å². The molecule has 0 saturated carbocycles. The maximum Gasteiger partial charge on any atom is 0.311 e. The molecule has 3 aliphatic rings. The van der Waals surface area contributed by atoms with Crippen LogP contribution in [-0.4, -0.2) is 154 Å². The fraction of sp³-hybridized carbons (Fsp3) is 0.973. The number of carbonyl (C=O) groups excluding carboxylic acids is 1. The lowest BCUT2D eigenvalue weighted by atomic mass is 9.77. The van der Waals surface area contributed by atoms with Gasteiger partial charge in [-0.1, -0.05) is 27.7 Å². The molecule has 3 fully saturated rings. The summed E-state index contributed by atoms with van der Waals surface area (Å²) >= 11 is 0. The zero-order valence-electron chi connectivity index (χ0n) is 32.9. The van der Waals surface area contributed by atoms with E-state index in [1.54, 1.807) is 27.7 Å². The minimum atomic E-state index is -1.78. The van der Waals surface area contributed by atoms with Crippen LogP contribution in [-0.2, 0) is 28.5 Å². The minimum absolute atomic E-state index is 0.120. The highest BCUT2D eigenvalue weighted by atomic mass is 16.7. The standard InChI is InChI=1S/C37H70N2O11/c1-14-27-37(10,45)32(42)24(7)39(13)18-19(2)17-36(9,44)33(50-35-30(41)26(38(11)12)16-21(4)46-35)22(5)31(23(6)34(43)48-27)49-28-15-20(3)29(40)25(8)47-28/h19-33,35,40-42,44-45H,14-18H2,1-13H3/t19-,20-,21-,22+,23-,24-,25+,26+,27-,28+,29+,30-,31+,32-,33-,35+,36+,37-/m1/s1. The Bertz CT molecular complexity index is 1070. The van der Waals surface area contributed by atoms with Crippen LogP contribution < -0.4 is 0 Å². The highest BCUT2D eigenvalue weighted by Gasteiger charge is 2.51. The van der Waals surface area contributed by atoms with Gasteiger partial charge in [0, 0.05) is 31.0 Å². The number of rotatable bonds is 6. The van der Waals surface area contributed by atoms with E-state index in [4.69, 9.17) is 23.7 Å². The van der Waals surface area contributed by atoms with Crippen LogP contribution in [0, 0.1) is 23.7 Å². The fourth-order valence-corrected chi connectivity index (χ4v) is 8.51. The average Bonchev–Trinajstić information content (AvgIpc) is 3.02. The zero-order valence-corrected chi connectivity index (χ0v) is 32.9. The predicted octanol–water partition coefficient (Wildman–Crippen LogP) is 2.13. The van der Waals surface area contributed by atoms with E-state index in [-0.39, 0.29) is 36.8 Å². The van der Waals surface area contributed by atoms with Crippen molar-refractivity contribution >= 4 is 5.97 Å².